The molecule has 5 rings (SSSR count). The highest BCUT2D eigenvalue weighted by molar-refractivity contribution is 6.33. The zero-order valence-electron chi connectivity index (χ0n) is 19.2. The lowest BCUT2D eigenvalue weighted by Crippen LogP contribution is -2.46. The van der Waals surface area contributed by atoms with E-state index in [0.29, 0.717) is 17.2 Å². The number of hydrogen-bond donors (Lipinski definition) is 0. The predicted molar refractivity (Wildman–Crippen MR) is 135 cm³/mol. The molecule has 1 fully saturated rings. The lowest BCUT2D eigenvalue weighted by molar-refractivity contribution is 0.0526. The van der Waals surface area contributed by atoms with Gasteiger partial charge in [0.05, 0.1) is 22.9 Å². The highest BCUT2D eigenvalue weighted by atomic mass is 35.5. The molecule has 8 heteroatoms. The topological polar surface area (TPSA) is 63.0 Å². The Balaban J connectivity index is 1.32. The van der Waals surface area contributed by atoms with Crippen LogP contribution in [0.2, 0.25) is 5.02 Å². The van der Waals surface area contributed by atoms with E-state index >= 15 is 0 Å². The van der Waals surface area contributed by atoms with Crippen molar-refractivity contribution in [2.45, 2.75) is 13.8 Å². The molecule has 0 saturated carbocycles. The zero-order chi connectivity index (χ0) is 23.7. The van der Waals surface area contributed by atoms with Gasteiger partial charge in [-0.15, -0.1) is 0 Å². The third-order valence-electron chi connectivity index (χ3n) is 6.20. The summed E-state index contributed by atoms with van der Waals surface area (Å²) >= 11 is 6.61. The summed E-state index contributed by atoms with van der Waals surface area (Å²) in [4.78, 5) is 25.7. The van der Waals surface area contributed by atoms with E-state index in [1.54, 1.807) is 19.2 Å². The molecule has 1 aliphatic heterocycles. The fourth-order valence-corrected chi connectivity index (χ4v) is 4.57. The molecule has 1 aromatic carbocycles. The molecule has 0 N–H and O–H groups in total. The number of carbonyl (C=O) groups excluding carboxylic acids is 1. The van der Waals surface area contributed by atoms with Crippen molar-refractivity contribution in [3.8, 4) is 11.3 Å². The number of piperazine rings is 1. The van der Waals surface area contributed by atoms with Gasteiger partial charge in [0, 0.05) is 55.5 Å². The largest absolute Gasteiger partial charge is 0.462 e. The lowest BCUT2D eigenvalue weighted by Gasteiger charge is -2.37. The Morgan fingerprint density at radius 1 is 1.06 bits per heavy atom. The molecule has 0 radical (unpaired) electrons. The van der Waals surface area contributed by atoms with Crippen molar-refractivity contribution < 1.29 is 9.53 Å². The Labute approximate surface area is 203 Å². The number of ether oxygens (including phenoxy) is 1. The van der Waals surface area contributed by atoms with Crippen LogP contribution < -0.4 is 9.80 Å². The summed E-state index contributed by atoms with van der Waals surface area (Å²) in [6.07, 6.45) is 3.60. The van der Waals surface area contributed by atoms with Crippen molar-refractivity contribution in [3.63, 3.8) is 0 Å². The quantitative estimate of drug-likeness (QED) is 0.384. The first kappa shape index (κ1) is 22.2. The molecule has 0 spiro atoms. The summed E-state index contributed by atoms with van der Waals surface area (Å²) in [6.45, 7) is 7.58. The second-order valence-corrected chi connectivity index (χ2v) is 8.65. The molecule has 0 bridgehead atoms. The minimum atomic E-state index is -0.342. The summed E-state index contributed by atoms with van der Waals surface area (Å²) in [5.74, 6) is 0.524. The average molecular weight is 476 g/mol. The van der Waals surface area contributed by atoms with Gasteiger partial charge in [0.25, 0.3) is 0 Å². The van der Waals surface area contributed by atoms with Crippen LogP contribution in [0.3, 0.4) is 0 Å². The van der Waals surface area contributed by atoms with E-state index < -0.39 is 0 Å². The highest BCUT2D eigenvalue weighted by Crippen LogP contribution is 2.34. The number of pyridine rings is 2. The third kappa shape index (κ3) is 4.19. The SMILES string of the molecule is CCOC(=O)c1ccc(N2CCN(c3ccc(Cl)c(-c4nc5ccccn5c4C)c3)CC2)nc1. The Kier molecular flexibility index (Phi) is 6.11. The van der Waals surface area contributed by atoms with Crippen molar-refractivity contribution in [1.29, 1.82) is 0 Å². The average Bonchev–Trinajstić information content (AvgIpc) is 3.21. The molecule has 0 atom stereocenters. The van der Waals surface area contributed by atoms with Crippen LogP contribution in [-0.4, -0.2) is 53.1 Å². The number of hydrogen-bond acceptors (Lipinski definition) is 6. The Morgan fingerprint density at radius 2 is 1.85 bits per heavy atom. The summed E-state index contributed by atoms with van der Waals surface area (Å²) < 4.78 is 7.12. The van der Waals surface area contributed by atoms with Crippen LogP contribution in [0.1, 0.15) is 23.0 Å². The van der Waals surface area contributed by atoms with Crippen LogP contribution in [0.25, 0.3) is 16.9 Å². The van der Waals surface area contributed by atoms with E-state index in [0.717, 1.165) is 60.3 Å². The van der Waals surface area contributed by atoms with E-state index in [1.807, 2.05) is 36.5 Å². The second-order valence-electron chi connectivity index (χ2n) is 8.24. The van der Waals surface area contributed by atoms with Crippen LogP contribution >= 0.6 is 11.6 Å². The van der Waals surface area contributed by atoms with Crippen molar-refractivity contribution in [1.82, 2.24) is 14.4 Å². The number of anilines is 2. The molecule has 0 amide bonds. The van der Waals surface area contributed by atoms with Gasteiger partial charge in [-0.2, -0.15) is 0 Å². The highest BCUT2D eigenvalue weighted by Gasteiger charge is 2.21. The van der Waals surface area contributed by atoms with Gasteiger partial charge >= 0.3 is 5.97 Å². The molecule has 4 heterocycles. The number of aryl methyl sites for hydroxylation is 1. The predicted octanol–water partition coefficient (Wildman–Crippen LogP) is 4.86. The minimum absolute atomic E-state index is 0.342. The summed E-state index contributed by atoms with van der Waals surface area (Å²) in [7, 11) is 0. The van der Waals surface area contributed by atoms with E-state index in [2.05, 4.69) is 38.2 Å². The Bertz CT molecular complexity index is 1330. The van der Waals surface area contributed by atoms with Crippen molar-refractivity contribution in [2.24, 2.45) is 0 Å². The van der Waals surface area contributed by atoms with Crippen molar-refractivity contribution in [3.05, 3.63) is 77.2 Å². The normalized spacial score (nSPS) is 14.0. The first-order valence-corrected chi connectivity index (χ1v) is 11.8. The summed E-state index contributed by atoms with van der Waals surface area (Å²) in [5, 5.41) is 0.694. The molecular weight excluding hydrogens is 450 g/mol. The van der Waals surface area contributed by atoms with E-state index in [9.17, 15) is 4.79 Å². The molecular formula is C26H26ClN5O2. The van der Waals surface area contributed by atoms with Crippen LogP contribution in [0.15, 0.2) is 60.9 Å². The molecule has 4 aromatic rings. The Hall–Kier alpha value is -3.58. The smallest absolute Gasteiger partial charge is 0.339 e. The number of benzene rings is 1. The maximum absolute atomic E-state index is 11.9. The van der Waals surface area contributed by atoms with Gasteiger partial charge in [0.2, 0.25) is 0 Å². The monoisotopic (exact) mass is 475 g/mol. The van der Waals surface area contributed by atoms with Gasteiger partial charge in [0.15, 0.2) is 0 Å². The number of carbonyl (C=O) groups is 1. The number of nitrogens with zero attached hydrogens (tertiary/aromatic N) is 5. The van der Waals surface area contributed by atoms with Gasteiger partial charge in [0.1, 0.15) is 11.5 Å². The number of halogens is 1. The first-order valence-electron chi connectivity index (χ1n) is 11.4. The fourth-order valence-electron chi connectivity index (χ4n) is 4.37. The molecule has 1 aliphatic rings. The van der Waals surface area contributed by atoms with Gasteiger partial charge in [-0.25, -0.2) is 14.8 Å². The number of aromatic nitrogens is 3. The standard InChI is InChI=1S/C26H26ClN5O2/c1-3-34-26(33)19-7-10-23(28-17-19)31-14-12-30(13-15-31)20-8-9-22(27)21(16-20)25-18(2)32-11-5-4-6-24(32)29-25/h4-11,16-17H,3,12-15H2,1-2H3. The van der Waals surface area contributed by atoms with Gasteiger partial charge < -0.3 is 18.9 Å². The molecule has 3 aromatic heterocycles. The number of esters is 1. The first-order chi connectivity index (χ1) is 16.5. The molecule has 0 aliphatic carbocycles. The van der Waals surface area contributed by atoms with E-state index in [4.69, 9.17) is 21.3 Å². The summed E-state index contributed by atoms with van der Waals surface area (Å²) in [6, 6.07) is 15.8. The number of imidazole rings is 1. The van der Waals surface area contributed by atoms with Gasteiger partial charge in [-0.3, -0.25) is 0 Å². The van der Waals surface area contributed by atoms with Crippen molar-refractivity contribution in [2.75, 3.05) is 42.6 Å². The zero-order valence-corrected chi connectivity index (χ0v) is 20.0. The number of fused-ring (bicyclic) bond motifs is 1. The molecule has 174 valence electrons. The van der Waals surface area contributed by atoms with Crippen LogP contribution in [0, 0.1) is 6.92 Å². The van der Waals surface area contributed by atoms with E-state index in [-0.39, 0.29) is 5.97 Å². The maximum atomic E-state index is 11.9. The fraction of sp³-hybridized carbons (Fsp3) is 0.269. The molecule has 1 saturated heterocycles. The van der Waals surface area contributed by atoms with Gasteiger partial charge in [-0.05, 0) is 56.3 Å². The van der Waals surface area contributed by atoms with E-state index in [1.165, 1.54) is 0 Å². The van der Waals surface area contributed by atoms with Gasteiger partial charge in [-0.1, -0.05) is 17.7 Å². The molecule has 7 nitrogen and oxygen atoms in total. The third-order valence-corrected chi connectivity index (χ3v) is 6.53. The lowest BCUT2D eigenvalue weighted by atomic mass is 10.1. The maximum Gasteiger partial charge on any atom is 0.339 e. The second kappa shape index (κ2) is 9.35. The summed E-state index contributed by atoms with van der Waals surface area (Å²) in [5.41, 5.74) is 5.42. The molecule has 0 unspecified atom stereocenters. The minimum Gasteiger partial charge on any atom is -0.462 e. The Morgan fingerprint density at radius 3 is 2.56 bits per heavy atom. The van der Waals surface area contributed by atoms with Crippen LogP contribution in [0.4, 0.5) is 11.5 Å². The van der Waals surface area contributed by atoms with Crippen LogP contribution in [0.5, 0.6) is 0 Å². The van der Waals surface area contributed by atoms with Crippen LogP contribution in [-0.2, 0) is 4.74 Å². The molecule has 34 heavy (non-hydrogen) atoms. The van der Waals surface area contributed by atoms with Crippen molar-refractivity contribution >= 4 is 34.7 Å². The number of rotatable bonds is 5.